The van der Waals surface area contributed by atoms with Crippen molar-refractivity contribution in [2.75, 3.05) is 25.1 Å². The standard InChI is InChI=1S/C24H30ClN5O2/c1-15-26-24(32-29-15)19-13-16-12-17(25)8-9-20(16)28-23(19)30-11-10-21(22(14-30)31-2)27-18-6-4-3-5-7-18/h8-9,12-13,18,21-22,27H,3-7,10-11,14H2,1-2H3. The Morgan fingerprint density at radius 2 is 1.97 bits per heavy atom. The highest BCUT2D eigenvalue weighted by atomic mass is 35.5. The monoisotopic (exact) mass is 455 g/mol. The van der Waals surface area contributed by atoms with Crippen molar-refractivity contribution in [1.29, 1.82) is 0 Å². The Balaban J connectivity index is 1.45. The van der Waals surface area contributed by atoms with E-state index >= 15 is 0 Å². The molecule has 1 aliphatic carbocycles. The molecule has 170 valence electrons. The molecule has 0 bridgehead atoms. The quantitative estimate of drug-likeness (QED) is 0.594. The van der Waals surface area contributed by atoms with Gasteiger partial charge in [-0.15, -0.1) is 0 Å². The minimum atomic E-state index is 0.0886. The fraction of sp³-hybridized carbons (Fsp3) is 0.542. The van der Waals surface area contributed by atoms with Crippen LogP contribution in [0.25, 0.3) is 22.4 Å². The maximum atomic E-state index is 6.23. The van der Waals surface area contributed by atoms with Crippen LogP contribution in [0.2, 0.25) is 5.02 Å². The summed E-state index contributed by atoms with van der Waals surface area (Å²) in [6.45, 7) is 3.46. The number of ether oxygens (including phenoxy) is 1. The Kier molecular flexibility index (Phi) is 6.31. The van der Waals surface area contributed by atoms with Crippen molar-refractivity contribution in [2.24, 2.45) is 0 Å². The molecule has 2 fully saturated rings. The molecule has 7 nitrogen and oxygen atoms in total. The second-order valence-electron chi connectivity index (χ2n) is 8.96. The largest absolute Gasteiger partial charge is 0.378 e. The summed E-state index contributed by atoms with van der Waals surface area (Å²) in [4.78, 5) is 11.8. The van der Waals surface area contributed by atoms with Crippen LogP contribution in [0.4, 0.5) is 5.82 Å². The van der Waals surface area contributed by atoms with Gasteiger partial charge < -0.3 is 19.5 Å². The molecule has 0 amide bonds. The SMILES string of the molecule is COC1CN(c2nc3ccc(Cl)cc3cc2-c2nc(C)no2)CCC1NC1CCCCC1. The van der Waals surface area contributed by atoms with Gasteiger partial charge in [-0.1, -0.05) is 36.0 Å². The molecule has 1 aliphatic heterocycles. The first-order valence-corrected chi connectivity index (χ1v) is 11.9. The number of hydrogen-bond acceptors (Lipinski definition) is 7. The number of fused-ring (bicyclic) bond motifs is 1. The smallest absolute Gasteiger partial charge is 0.261 e. The lowest BCUT2D eigenvalue weighted by molar-refractivity contribution is 0.0534. The van der Waals surface area contributed by atoms with Crippen LogP contribution in [0.3, 0.4) is 0 Å². The van der Waals surface area contributed by atoms with Crippen LogP contribution in [0.15, 0.2) is 28.8 Å². The van der Waals surface area contributed by atoms with E-state index in [9.17, 15) is 0 Å². The summed E-state index contributed by atoms with van der Waals surface area (Å²) in [6, 6.07) is 8.75. The van der Waals surface area contributed by atoms with E-state index in [2.05, 4.69) is 20.4 Å². The second-order valence-corrected chi connectivity index (χ2v) is 9.40. The summed E-state index contributed by atoms with van der Waals surface area (Å²) in [7, 11) is 1.81. The third kappa shape index (κ3) is 4.47. The molecule has 0 spiro atoms. The third-order valence-electron chi connectivity index (χ3n) is 6.73. The van der Waals surface area contributed by atoms with Crippen LogP contribution in [0, 0.1) is 6.92 Å². The summed E-state index contributed by atoms with van der Waals surface area (Å²) in [5, 5.41) is 9.50. The normalized spacial score (nSPS) is 22.5. The highest BCUT2D eigenvalue weighted by molar-refractivity contribution is 6.31. The van der Waals surface area contributed by atoms with E-state index in [0.717, 1.165) is 41.8 Å². The van der Waals surface area contributed by atoms with Gasteiger partial charge in [-0.25, -0.2) is 4.98 Å². The first-order chi connectivity index (χ1) is 15.6. The van der Waals surface area contributed by atoms with Gasteiger partial charge in [0.1, 0.15) is 5.82 Å². The maximum Gasteiger partial charge on any atom is 0.261 e. The lowest BCUT2D eigenvalue weighted by Gasteiger charge is -2.41. The van der Waals surface area contributed by atoms with Gasteiger partial charge in [-0.2, -0.15) is 4.98 Å². The summed E-state index contributed by atoms with van der Waals surface area (Å²) < 4.78 is 11.5. The van der Waals surface area contributed by atoms with Gasteiger partial charge >= 0.3 is 0 Å². The Labute approximate surface area is 193 Å². The van der Waals surface area contributed by atoms with Crippen molar-refractivity contribution in [1.82, 2.24) is 20.4 Å². The summed E-state index contributed by atoms with van der Waals surface area (Å²) in [5.74, 6) is 1.92. The van der Waals surface area contributed by atoms with Crippen molar-refractivity contribution in [3.63, 3.8) is 0 Å². The number of methoxy groups -OCH3 is 1. The molecule has 32 heavy (non-hydrogen) atoms. The van der Waals surface area contributed by atoms with E-state index in [0.29, 0.717) is 28.8 Å². The summed E-state index contributed by atoms with van der Waals surface area (Å²) >= 11 is 6.23. The topological polar surface area (TPSA) is 76.3 Å². The number of anilines is 1. The number of piperidine rings is 1. The molecular weight excluding hydrogens is 426 g/mol. The molecule has 5 rings (SSSR count). The Bertz CT molecular complexity index is 1080. The van der Waals surface area contributed by atoms with Gasteiger partial charge in [0.15, 0.2) is 5.82 Å². The zero-order valence-corrected chi connectivity index (χ0v) is 19.4. The van der Waals surface area contributed by atoms with Crippen LogP contribution < -0.4 is 10.2 Å². The first-order valence-electron chi connectivity index (χ1n) is 11.6. The van der Waals surface area contributed by atoms with E-state index in [-0.39, 0.29) is 6.10 Å². The number of nitrogens with zero attached hydrogens (tertiary/aromatic N) is 4. The number of benzene rings is 1. The minimum Gasteiger partial charge on any atom is -0.378 e. The number of rotatable bonds is 5. The highest BCUT2D eigenvalue weighted by Crippen LogP contribution is 2.34. The van der Waals surface area contributed by atoms with E-state index < -0.39 is 0 Å². The average Bonchev–Trinajstić information content (AvgIpc) is 3.25. The highest BCUT2D eigenvalue weighted by Gasteiger charge is 2.33. The van der Waals surface area contributed by atoms with Crippen LogP contribution >= 0.6 is 11.6 Å². The number of halogens is 1. The molecule has 1 saturated carbocycles. The molecule has 1 saturated heterocycles. The van der Waals surface area contributed by atoms with Crippen molar-refractivity contribution >= 4 is 28.3 Å². The lowest BCUT2D eigenvalue weighted by Crippen LogP contribution is -2.56. The van der Waals surface area contributed by atoms with Crippen LogP contribution in [0.5, 0.6) is 0 Å². The zero-order valence-electron chi connectivity index (χ0n) is 18.7. The summed E-state index contributed by atoms with van der Waals surface area (Å²) in [5.41, 5.74) is 1.72. The zero-order chi connectivity index (χ0) is 22.1. The number of pyridine rings is 1. The molecule has 2 unspecified atom stereocenters. The van der Waals surface area contributed by atoms with Crippen molar-refractivity contribution < 1.29 is 9.26 Å². The number of aryl methyl sites for hydroxylation is 1. The lowest BCUT2D eigenvalue weighted by atomic mass is 9.92. The fourth-order valence-electron chi connectivity index (χ4n) is 5.05. The Morgan fingerprint density at radius 1 is 1.12 bits per heavy atom. The van der Waals surface area contributed by atoms with Crippen molar-refractivity contribution in [3.05, 3.63) is 35.1 Å². The van der Waals surface area contributed by atoms with Gasteiger partial charge in [0.05, 0.1) is 17.2 Å². The molecular formula is C24H30ClN5O2. The summed E-state index contributed by atoms with van der Waals surface area (Å²) in [6.07, 6.45) is 7.64. The predicted molar refractivity (Wildman–Crippen MR) is 126 cm³/mol. The van der Waals surface area contributed by atoms with Crippen molar-refractivity contribution in [2.45, 2.75) is 63.6 Å². The molecule has 0 radical (unpaired) electrons. The molecule has 1 N–H and O–H groups in total. The molecule has 2 aromatic heterocycles. The van der Waals surface area contributed by atoms with Crippen molar-refractivity contribution in [3.8, 4) is 11.5 Å². The van der Waals surface area contributed by atoms with Crippen LogP contribution in [0.1, 0.15) is 44.3 Å². The first kappa shape index (κ1) is 21.6. The second kappa shape index (κ2) is 9.33. The van der Waals surface area contributed by atoms with Gasteiger partial charge in [0.25, 0.3) is 5.89 Å². The number of aromatic nitrogens is 3. The Hall–Kier alpha value is -2.22. The Morgan fingerprint density at radius 3 is 2.72 bits per heavy atom. The molecule has 2 atom stereocenters. The average molecular weight is 456 g/mol. The van der Waals surface area contributed by atoms with E-state index in [1.165, 1.54) is 32.1 Å². The van der Waals surface area contributed by atoms with Crippen LogP contribution in [-0.2, 0) is 4.74 Å². The van der Waals surface area contributed by atoms with Crippen LogP contribution in [-0.4, -0.2) is 53.5 Å². The van der Waals surface area contributed by atoms with E-state index in [1.807, 2.05) is 38.3 Å². The molecule has 8 heteroatoms. The maximum absolute atomic E-state index is 6.23. The predicted octanol–water partition coefficient (Wildman–Crippen LogP) is 4.76. The fourth-order valence-corrected chi connectivity index (χ4v) is 5.23. The van der Waals surface area contributed by atoms with Gasteiger partial charge in [0.2, 0.25) is 0 Å². The van der Waals surface area contributed by atoms with Gasteiger partial charge in [0, 0.05) is 42.7 Å². The third-order valence-corrected chi connectivity index (χ3v) is 6.97. The molecule has 3 heterocycles. The molecule has 1 aromatic carbocycles. The van der Waals surface area contributed by atoms with Gasteiger partial charge in [-0.3, -0.25) is 0 Å². The van der Waals surface area contributed by atoms with Gasteiger partial charge in [-0.05, 0) is 50.5 Å². The molecule has 2 aliphatic rings. The minimum absolute atomic E-state index is 0.0886. The molecule has 3 aromatic rings. The number of hydrogen-bond donors (Lipinski definition) is 1. The number of nitrogens with one attached hydrogen (secondary N) is 1. The van der Waals surface area contributed by atoms with E-state index in [4.69, 9.17) is 25.8 Å². The van der Waals surface area contributed by atoms with E-state index in [1.54, 1.807) is 0 Å².